The highest BCUT2D eigenvalue weighted by molar-refractivity contribution is 9.10. The summed E-state index contributed by atoms with van der Waals surface area (Å²) in [4.78, 5) is 4.26. The van der Waals surface area contributed by atoms with Crippen molar-refractivity contribution in [1.82, 2.24) is 14.8 Å². The Balaban J connectivity index is 2.57. The van der Waals surface area contributed by atoms with Gasteiger partial charge in [0.2, 0.25) is 0 Å². The molecule has 17 heavy (non-hydrogen) atoms. The smallest absolute Gasteiger partial charge is 0.154 e. The van der Waals surface area contributed by atoms with Gasteiger partial charge in [0, 0.05) is 12.1 Å². The Morgan fingerprint density at radius 3 is 2.65 bits per heavy atom. The molecule has 0 radical (unpaired) electrons. The van der Waals surface area contributed by atoms with E-state index < -0.39 is 0 Å². The van der Waals surface area contributed by atoms with Gasteiger partial charge < -0.3 is 0 Å². The molecule has 90 valence electrons. The molecular weight excluding hydrogens is 325 g/mol. The van der Waals surface area contributed by atoms with Crippen molar-refractivity contribution in [3.8, 4) is 5.82 Å². The molecule has 0 unspecified atom stereocenters. The molecule has 2 rings (SSSR count). The first kappa shape index (κ1) is 12.9. The lowest BCUT2D eigenvalue weighted by molar-refractivity contribution is 0.804. The third-order valence-corrected chi connectivity index (χ3v) is 4.26. The molecular formula is C11H10BrCl2N3. The Hall–Kier alpha value is -0.580. The number of halogens is 3. The van der Waals surface area contributed by atoms with Crippen molar-refractivity contribution in [2.45, 2.75) is 19.7 Å². The molecule has 2 aromatic rings. The van der Waals surface area contributed by atoms with Gasteiger partial charge in [0.05, 0.1) is 20.9 Å². The van der Waals surface area contributed by atoms with Crippen LogP contribution in [0.2, 0.25) is 5.02 Å². The summed E-state index contributed by atoms with van der Waals surface area (Å²) in [7, 11) is 0. The fourth-order valence-electron chi connectivity index (χ4n) is 1.53. The second-order valence-electron chi connectivity index (χ2n) is 3.66. The van der Waals surface area contributed by atoms with Crippen LogP contribution in [-0.2, 0) is 5.88 Å². The van der Waals surface area contributed by atoms with Gasteiger partial charge in [-0.2, -0.15) is 5.10 Å². The third-order valence-electron chi connectivity index (χ3n) is 2.48. The van der Waals surface area contributed by atoms with Crippen LogP contribution in [0.15, 0.2) is 16.7 Å². The maximum absolute atomic E-state index is 5.97. The fourth-order valence-corrected chi connectivity index (χ4v) is 2.24. The molecule has 0 saturated heterocycles. The summed E-state index contributed by atoms with van der Waals surface area (Å²) in [6, 6.07) is 1.85. The molecule has 0 aromatic carbocycles. The minimum atomic E-state index is 0.356. The van der Waals surface area contributed by atoms with E-state index in [1.54, 1.807) is 10.9 Å². The largest absolute Gasteiger partial charge is 0.236 e. The number of aryl methyl sites for hydroxylation is 1. The van der Waals surface area contributed by atoms with Crippen LogP contribution >= 0.6 is 39.1 Å². The summed E-state index contributed by atoms with van der Waals surface area (Å²) in [5.41, 5.74) is 2.77. The number of hydrogen-bond acceptors (Lipinski definition) is 2. The Kier molecular flexibility index (Phi) is 3.76. The topological polar surface area (TPSA) is 30.7 Å². The lowest BCUT2D eigenvalue weighted by atomic mass is 10.3. The first-order valence-corrected chi connectivity index (χ1v) is 6.67. The summed E-state index contributed by atoms with van der Waals surface area (Å²) in [6.45, 7) is 3.91. The average Bonchev–Trinajstić information content (AvgIpc) is 2.58. The highest BCUT2D eigenvalue weighted by atomic mass is 79.9. The van der Waals surface area contributed by atoms with Gasteiger partial charge >= 0.3 is 0 Å². The Labute approximate surface area is 118 Å². The number of aromatic nitrogens is 3. The molecule has 0 aliphatic rings. The average molecular weight is 335 g/mol. The Morgan fingerprint density at radius 2 is 2.12 bits per heavy atom. The first-order chi connectivity index (χ1) is 8.04. The Morgan fingerprint density at radius 1 is 1.41 bits per heavy atom. The molecule has 0 aliphatic carbocycles. The van der Waals surface area contributed by atoms with Gasteiger partial charge in [0.1, 0.15) is 0 Å². The maximum Gasteiger partial charge on any atom is 0.154 e. The van der Waals surface area contributed by atoms with E-state index in [1.807, 2.05) is 19.9 Å². The predicted molar refractivity (Wildman–Crippen MR) is 73.1 cm³/mol. The lowest BCUT2D eigenvalue weighted by Gasteiger charge is -2.06. The van der Waals surface area contributed by atoms with E-state index in [2.05, 4.69) is 26.0 Å². The SMILES string of the molecule is Cc1nn(-c2cc(CCl)c(Cl)cn2)c(C)c1Br. The zero-order valence-corrected chi connectivity index (χ0v) is 12.4. The zero-order chi connectivity index (χ0) is 12.6. The fraction of sp³-hybridized carbons (Fsp3) is 0.273. The van der Waals surface area contributed by atoms with E-state index in [9.17, 15) is 0 Å². The van der Waals surface area contributed by atoms with Crippen molar-refractivity contribution in [1.29, 1.82) is 0 Å². The number of pyridine rings is 1. The van der Waals surface area contributed by atoms with Crippen LogP contribution < -0.4 is 0 Å². The first-order valence-electron chi connectivity index (χ1n) is 4.97. The molecule has 0 aliphatic heterocycles. The lowest BCUT2D eigenvalue weighted by Crippen LogP contribution is -2.02. The molecule has 0 bridgehead atoms. The van der Waals surface area contributed by atoms with Crippen LogP contribution in [0.4, 0.5) is 0 Å². The molecule has 0 N–H and O–H groups in total. The van der Waals surface area contributed by atoms with Crippen LogP contribution in [0, 0.1) is 13.8 Å². The summed E-state index contributed by atoms with van der Waals surface area (Å²) in [6.07, 6.45) is 1.60. The van der Waals surface area contributed by atoms with Crippen molar-refractivity contribution < 1.29 is 0 Å². The summed E-state index contributed by atoms with van der Waals surface area (Å²) in [5, 5.41) is 4.98. The van der Waals surface area contributed by atoms with Gasteiger partial charge in [0.25, 0.3) is 0 Å². The standard InChI is InChI=1S/C11H10BrCl2N3/c1-6-11(12)7(2)17(16-6)10-3-8(4-13)9(14)5-15-10/h3,5H,4H2,1-2H3. The molecule has 2 aromatic heterocycles. The van der Waals surface area contributed by atoms with E-state index in [4.69, 9.17) is 23.2 Å². The number of hydrogen-bond donors (Lipinski definition) is 0. The molecule has 6 heteroatoms. The van der Waals surface area contributed by atoms with Crippen molar-refractivity contribution in [3.63, 3.8) is 0 Å². The maximum atomic E-state index is 5.97. The van der Waals surface area contributed by atoms with E-state index in [-0.39, 0.29) is 0 Å². The monoisotopic (exact) mass is 333 g/mol. The number of nitrogens with zero attached hydrogens (tertiary/aromatic N) is 3. The Bertz CT molecular complexity index is 566. The second-order valence-corrected chi connectivity index (χ2v) is 5.13. The normalized spacial score (nSPS) is 10.9. The van der Waals surface area contributed by atoms with Gasteiger partial charge in [0.15, 0.2) is 5.82 Å². The quantitative estimate of drug-likeness (QED) is 0.776. The van der Waals surface area contributed by atoms with Crippen molar-refractivity contribution in [2.24, 2.45) is 0 Å². The minimum Gasteiger partial charge on any atom is -0.236 e. The van der Waals surface area contributed by atoms with Crippen LogP contribution in [-0.4, -0.2) is 14.8 Å². The van der Waals surface area contributed by atoms with Crippen molar-refractivity contribution in [3.05, 3.63) is 38.7 Å². The molecule has 0 atom stereocenters. The van der Waals surface area contributed by atoms with Gasteiger partial charge in [-0.1, -0.05) is 11.6 Å². The number of rotatable bonds is 2. The molecule has 0 spiro atoms. The third kappa shape index (κ3) is 2.34. The van der Waals surface area contributed by atoms with Crippen molar-refractivity contribution >= 4 is 39.1 Å². The zero-order valence-electron chi connectivity index (χ0n) is 9.34. The second kappa shape index (κ2) is 4.96. The summed E-state index contributed by atoms with van der Waals surface area (Å²) in [5.74, 6) is 1.07. The highest BCUT2D eigenvalue weighted by Gasteiger charge is 2.12. The van der Waals surface area contributed by atoms with Crippen LogP contribution in [0.1, 0.15) is 17.0 Å². The summed E-state index contributed by atoms with van der Waals surface area (Å²) >= 11 is 15.3. The molecule has 3 nitrogen and oxygen atoms in total. The predicted octanol–water partition coefficient (Wildman–Crippen LogP) is 4.04. The molecule has 0 saturated carbocycles. The van der Waals surface area contributed by atoms with E-state index >= 15 is 0 Å². The summed E-state index contributed by atoms with van der Waals surface area (Å²) < 4.78 is 2.76. The van der Waals surface area contributed by atoms with Crippen LogP contribution in [0.3, 0.4) is 0 Å². The van der Waals surface area contributed by atoms with E-state index in [0.29, 0.717) is 10.9 Å². The minimum absolute atomic E-state index is 0.356. The van der Waals surface area contributed by atoms with Gasteiger partial charge in [-0.3, -0.25) is 0 Å². The molecule has 0 amide bonds. The van der Waals surface area contributed by atoms with Crippen molar-refractivity contribution in [2.75, 3.05) is 0 Å². The molecule has 2 heterocycles. The van der Waals surface area contributed by atoms with E-state index in [0.717, 1.165) is 27.2 Å². The van der Waals surface area contributed by atoms with Gasteiger partial charge in [-0.15, -0.1) is 11.6 Å². The molecule has 0 fully saturated rings. The highest BCUT2D eigenvalue weighted by Crippen LogP contribution is 2.24. The van der Waals surface area contributed by atoms with E-state index in [1.165, 1.54) is 0 Å². The van der Waals surface area contributed by atoms with Gasteiger partial charge in [-0.05, 0) is 41.4 Å². The van der Waals surface area contributed by atoms with Crippen LogP contribution in [0.5, 0.6) is 0 Å². The van der Waals surface area contributed by atoms with Gasteiger partial charge in [-0.25, -0.2) is 9.67 Å². The number of alkyl halides is 1. The van der Waals surface area contributed by atoms with Crippen LogP contribution in [0.25, 0.3) is 5.82 Å².